The van der Waals surface area contributed by atoms with Gasteiger partial charge in [-0.25, -0.2) is 0 Å². The maximum absolute atomic E-state index is 9.48. The molecule has 0 aromatic heterocycles. The van der Waals surface area contributed by atoms with Crippen molar-refractivity contribution in [1.29, 1.82) is 5.26 Å². The van der Waals surface area contributed by atoms with E-state index in [0.717, 1.165) is 38.3 Å². The summed E-state index contributed by atoms with van der Waals surface area (Å²) in [6.07, 6.45) is 0. The number of hydrogen-bond donors (Lipinski definition) is 1. The highest BCUT2D eigenvalue weighted by atomic mass is 16.3. The van der Waals surface area contributed by atoms with Gasteiger partial charge >= 0.3 is 0 Å². The first-order valence-electron chi connectivity index (χ1n) is 6.78. The molecule has 4 nitrogen and oxygen atoms in total. The van der Waals surface area contributed by atoms with Crippen molar-refractivity contribution >= 4 is 0 Å². The van der Waals surface area contributed by atoms with Crippen LogP contribution in [0, 0.1) is 18.3 Å². The summed E-state index contributed by atoms with van der Waals surface area (Å²) < 4.78 is 0. The average Bonchev–Trinajstić information content (AvgIpc) is 2.44. The van der Waals surface area contributed by atoms with Crippen LogP contribution in [0.25, 0.3) is 0 Å². The number of β-amino-alcohol motifs (C(OH)–C–C–N with tert-alkyl or cyclic N) is 1. The van der Waals surface area contributed by atoms with Crippen molar-refractivity contribution in [2.24, 2.45) is 0 Å². The van der Waals surface area contributed by atoms with Gasteiger partial charge in [-0.2, -0.15) is 5.26 Å². The molecule has 1 aliphatic rings. The molecule has 0 aliphatic carbocycles. The number of aryl methyl sites for hydroxylation is 1. The lowest BCUT2D eigenvalue weighted by Gasteiger charge is -2.37. The minimum Gasteiger partial charge on any atom is -0.395 e. The van der Waals surface area contributed by atoms with Crippen molar-refractivity contribution in [2.45, 2.75) is 13.0 Å². The number of aliphatic hydroxyl groups is 1. The highest BCUT2D eigenvalue weighted by Gasteiger charge is 2.25. The van der Waals surface area contributed by atoms with E-state index < -0.39 is 0 Å². The molecule has 0 radical (unpaired) electrons. The van der Waals surface area contributed by atoms with Crippen LogP contribution in [0.3, 0.4) is 0 Å². The van der Waals surface area contributed by atoms with E-state index in [2.05, 4.69) is 28.9 Å². The van der Waals surface area contributed by atoms with E-state index in [1.54, 1.807) is 0 Å². The van der Waals surface area contributed by atoms with Gasteiger partial charge in [-0.3, -0.25) is 9.80 Å². The molecule has 4 heteroatoms. The second-order valence-electron chi connectivity index (χ2n) is 4.99. The molecule has 1 atom stereocenters. The third-order valence-corrected chi connectivity index (χ3v) is 3.79. The molecular formula is C15H21N3O. The largest absolute Gasteiger partial charge is 0.395 e. The standard InChI is InChI=1S/C15H21N3O/c1-13-4-2-3-5-14(13)15(12-16)18-8-6-17(7-9-18)10-11-19/h2-5,15,19H,6-11H2,1H3. The lowest BCUT2D eigenvalue weighted by Crippen LogP contribution is -2.48. The quantitative estimate of drug-likeness (QED) is 0.882. The van der Waals surface area contributed by atoms with E-state index in [-0.39, 0.29) is 12.6 Å². The Morgan fingerprint density at radius 2 is 1.95 bits per heavy atom. The van der Waals surface area contributed by atoms with Gasteiger partial charge in [-0.15, -0.1) is 0 Å². The van der Waals surface area contributed by atoms with Gasteiger partial charge in [0, 0.05) is 32.7 Å². The molecule has 1 fully saturated rings. The van der Waals surface area contributed by atoms with Gasteiger partial charge in [-0.05, 0) is 18.1 Å². The van der Waals surface area contributed by atoms with E-state index >= 15 is 0 Å². The van der Waals surface area contributed by atoms with Crippen molar-refractivity contribution in [1.82, 2.24) is 9.80 Å². The number of hydrogen-bond acceptors (Lipinski definition) is 4. The smallest absolute Gasteiger partial charge is 0.124 e. The van der Waals surface area contributed by atoms with Crippen LogP contribution in [0.2, 0.25) is 0 Å². The zero-order chi connectivity index (χ0) is 13.7. The fourth-order valence-electron chi connectivity index (χ4n) is 2.63. The number of nitrogens with zero attached hydrogens (tertiary/aromatic N) is 3. The molecule has 0 saturated carbocycles. The number of piperazine rings is 1. The Kier molecular flexibility index (Phi) is 4.92. The summed E-state index contributed by atoms with van der Waals surface area (Å²) in [4.78, 5) is 4.47. The molecule has 0 amide bonds. The van der Waals surface area contributed by atoms with Gasteiger partial charge in [0.15, 0.2) is 0 Å². The summed E-state index contributed by atoms with van der Waals surface area (Å²) in [7, 11) is 0. The molecular weight excluding hydrogens is 238 g/mol. The molecule has 1 aromatic rings. The Morgan fingerprint density at radius 3 is 2.53 bits per heavy atom. The molecule has 1 heterocycles. The molecule has 1 N–H and O–H groups in total. The van der Waals surface area contributed by atoms with E-state index in [4.69, 9.17) is 5.11 Å². The van der Waals surface area contributed by atoms with Crippen LogP contribution < -0.4 is 0 Å². The highest BCUT2D eigenvalue weighted by Crippen LogP contribution is 2.24. The molecule has 1 aliphatic heterocycles. The van der Waals surface area contributed by atoms with Gasteiger partial charge < -0.3 is 5.11 Å². The van der Waals surface area contributed by atoms with Crippen molar-refractivity contribution in [3.05, 3.63) is 35.4 Å². The summed E-state index contributed by atoms with van der Waals surface area (Å²) in [5.74, 6) is 0. The number of rotatable bonds is 4. The van der Waals surface area contributed by atoms with Crippen LogP contribution in [0.15, 0.2) is 24.3 Å². The predicted octanol–water partition coefficient (Wildman–Crippen LogP) is 1.17. The van der Waals surface area contributed by atoms with Gasteiger partial charge in [0.25, 0.3) is 0 Å². The van der Waals surface area contributed by atoms with E-state index in [0.29, 0.717) is 0 Å². The second kappa shape index (κ2) is 6.67. The van der Waals surface area contributed by atoms with Gasteiger partial charge in [0.1, 0.15) is 6.04 Å². The Hall–Kier alpha value is -1.41. The minimum atomic E-state index is -0.155. The van der Waals surface area contributed by atoms with Crippen LogP contribution in [-0.2, 0) is 0 Å². The summed E-state index contributed by atoms with van der Waals surface area (Å²) in [5.41, 5.74) is 2.28. The Morgan fingerprint density at radius 1 is 1.26 bits per heavy atom. The maximum Gasteiger partial charge on any atom is 0.124 e. The molecule has 0 spiro atoms. The van der Waals surface area contributed by atoms with Crippen molar-refractivity contribution < 1.29 is 5.11 Å². The number of benzene rings is 1. The van der Waals surface area contributed by atoms with Crippen LogP contribution >= 0.6 is 0 Å². The zero-order valence-electron chi connectivity index (χ0n) is 11.4. The number of nitriles is 1. The first-order chi connectivity index (χ1) is 9.26. The number of aliphatic hydroxyl groups excluding tert-OH is 1. The molecule has 1 unspecified atom stereocenters. The monoisotopic (exact) mass is 259 g/mol. The zero-order valence-corrected chi connectivity index (χ0v) is 11.4. The van der Waals surface area contributed by atoms with E-state index in [9.17, 15) is 5.26 Å². The molecule has 102 valence electrons. The van der Waals surface area contributed by atoms with Gasteiger partial charge in [-0.1, -0.05) is 24.3 Å². The van der Waals surface area contributed by atoms with Crippen LogP contribution in [-0.4, -0.2) is 54.2 Å². The molecule has 1 saturated heterocycles. The maximum atomic E-state index is 9.48. The second-order valence-corrected chi connectivity index (χ2v) is 4.99. The fourth-order valence-corrected chi connectivity index (χ4v) is 2.63. The SMILES string of the molecule is Cc1ccccc1C(C#N)N1CCN(CCO)CC1. The summed E-state index contributed by atoms with van der Waals surface area (Å²) >= 11 is 0. The van der Waals surface area contributed by atoms with E-state index in [1.165, 1.54) is 5.56 Å². The molecule has 2 rings (SSSR count). The molecule has 0 bridgehead atoms. The predicted molar refractivity (Wildman–Crippen MR) is 74.6 cm³/mol. The van der Waals surface area contributed by atoms with Crippen molar-refractivity contribution in [3.63, 3.8) is 0 Å². The third kappa shape index (κ3) is 3.32. The van der Waals surface area contributed by atoms with Crippen LogP contribution in [0.1, 0.15) is 17.2 Å². The lowest BCUT2D eigenvalue weighted by molar-refractivity contribution is 0.0981. The summed E-state index contributed by atoms with van der Waals surface area (Å²) in [6.45, 7) is 6.60. The first-order valence-corrected chi connectivity index (χ1v) is 6.78. The van der Waals surface area contributed by atoms with E-state index in [1.807, 2.05) is 18.2 Å². The first kappa shape index (κ1) is 14.0. The van der Waals surface area contributed by atoms with Crippen molar-refractivity contribution in [3.8, 4) is 6.07 Å². The Labute approximate surface area is 114 Å². The van der Waals surface area contributed by atoms with Crippen LogP contribution in [0.5, 0.6) is 0 Å². The highest BCUT2D eigenvalue weighted by molar-refractivity contribution is 5.32. The average molecular weight is 259 g/mol. The third-order valence-electron chi connectivity index (χ3n) is 3.79. The molecule has 19 heavy (non-hydrogen) atoms. The Balaban J connectivity index is 2.05. The summed E-state index contributed by atoms with van der Waals surface area (Å²) in [6, 6.07) is 10.4. The normalized spacial score (nSPS) is 19.0. The molecule has 1 aromatic carbocycles. The van der Waals surface area contributed by atoms with Crippen molar-refractivity contribution in [2.75, 3.05) is 39.3 Å². The van der Waals surface area contributed by atoms with Gasteiger partial charge in [0.2, 0.25) is 0 Å². The fraction of sp³-hybridized carbons (Fsp3) is 0.533. The van der Waals surface area contributed by atoms with Gasteiger partial charge in [0.05, 0.1) is 12.7 Å². The summed E-state index contributed by atoms with van der Waals surface area (Å²) in [5, 5.41) is 18.4. The lowest BCUT2D eigenvalue weighted by atomic mass is 10.0. The Bertz CT molecular complexity index is 447. The van der Waals surface area contributed by atoms with Crippen LogP contribution in [0.4, 0.5) is 0 Å². The topological polar surface area (TPSA) is 50.5 Å². The minimum absolute atomic E-state index is 0.155.